The zero-order valence-electron chi connectivity index (χ0n) is 7.47. The molecule has 1 atom stereocenters. The Morgan fingerprint density at radius 1 is 1.46 bits per heavy atom. The number of hydrogen-bond acceptors (Lipinski definition) is 2. The molecule has 1 fully saturated rings. The number of carbonyl (C=O) groups is 1. The van der Waals surface area contributed by atoms with Crippen LogP contribution in [0.4, 0.5) is 4.39 Å². The molecule has 76 valence electrons. The normalized spacial score (nSPS) is 21.1. The standard InChI is InChI=1S/C9H14FIO2/c10-8(6-11)9(12)13-7-4-2-1-3-5-7/h7-8H,1-6H2. The number of esters is 1. The van der Waals surface area contributed by atoms with Crippen LogP contribution in [-0.4, -0.2) is 22.7 Å². The minimum atomic E-state index is -1.44. The van der Waals surface area contributed by atoms with Gasteiger partial charge in [0, 0.05) is 4.43 Å². The number of hydrogen-bond donors (Lipinski definition) is 0. The Balaban J connectivity index is 2.26. The topological polar surface area (TPSA) is 26.3 Å². The molecular weight excluding hydrogens is 286 g/mol. The molecule has 0 aromatic heterocycles. The lowest BCUT2D eigenvalue weighted by atomic mass is 9.98. The molecule has 0 bridgehead atoms. The van der Waals surface area contributed by atoms with Gasteiger partial charge in [0.2, 0.25) is 6.17 Å². The van der Waals surface area contributed by atoms with Gasteiger partial charge < -0.3 is 4.74 Å². The van der Waals surface area contributed by atoms with Gasteiger partial charge >= 0.3 is 5.97 Å². The average Bonchev–Trinajstić information content (AvgIpc) is 2.18. The molecule has 0 amide bonds. The molecule has 0 aromatic carbocycles. The summed E-state index contributed by atoms with van der Waals surface area (Å²) in [5.74, 6) is -0.679. The molecule has 0 saturated heterocycles. The maximum atomic E-state index is 12.8. The van der Waals surface area contributed by atoms with Crippen molar-refractivity contribution < 1.29 is 13.9 Å². The van der Waals surface area contributed by atoms with Gasteiger partial charge in [-0.05, 0) is 25.7 Å². The maximum absolute atomic E-state index is 12.8. The highest BCUT2D eigenvalue weighted by molar-refractivity contribution is 14.1. The molecule has 0 aromatic rings. The number of ether oxygens (including phenoxy) is 1. The van der Waals surface area contributed by atoms with E-state index in [2.05, 4.69) is 0 Å². The quantitative estimate of drug-likeness (QED) is 0.455. The second-order valence-electron chi connectivity index (χ2n) is 3.32. The third-order valence-electron chi connectivity index (χ3n) is 2.23. The minimum Gasteiger partial charge on any atom is -0.460 e. The first kappa shape index (κ1) is 11.2. The monoisotopic (exact) mass is 300 g/mol. The van der Waals surface area contributed by atoms with E-state index in [-0.39, 0.29) is 10.5 Å². The van der Waals surface area contributed by atoms with Crippen LogP contribution >= 0.6 is 22.6 Å². The number of halogens is 2. The Labute approximate surface area is 91.4 Å². The van der Waals surface area contributed by atoms with Crippen molar-refractivity contribution in [3.8, 4) is 0 Å². The second-order valence-corrected chi connectivity index (χ2v) is 4.20. The van der Waals surface area contributed by atoms with Crippen molar-refractivity contribution >= 4 is 28.6 Å². The van der Waals surface area contributed by atoms with Crippen molar-refractivity contribution in [1.29, 1.82) is 0 Å². The molecule has 0 N–H and O–H groups in total. The Morgan fingerprint density at radius 3 is 2.62 bits per heavy atom. The molecule has 13 heavy (non-hydrogen) atoms. The highest BCUT2D eigenvalue weighted by atomic mass is 127. The Hall–Kier alpha value is 0.130. The molecule has 0 radical (unpaired) electrons. The van der Waals surface area contributed by atoms with Gasteiger partial charge in [-0.15, -0.1) is 0 Å². The van der Waals surface area contributed by atoms with Crippen LogP contribution in [0.3, 0.4) is 0 Å². The second kappa shape index (κ2) is 5.78. The van der Waals surface area contributed by atoms with Crippen LogP contribution in [0.1, 0.15) is 32.1 Å². The minimum absolute atomic E-state index is 0.0255. The first-order valence-electron chi connectivity index (χ1n) is 4.64. The van der Waals surface area contributed by atoms with E-state index in [9.17, 15) is 9.18 Å². The molecule has 1 unspecified atom stereocenters. The van der Waals surface area contributed by atoms with E-state index < -0.39 is 12.1 Å². The van der Waals surface area contributed by atoms with E-state index in [4.69, 9.17) is 4.74 Å². The SMILES string of the molecule is O=C(OC1CCCCC1)C(F)CI. The molecular formula is C9H14FIO2. The van der Waals surface area contributed by atoms with E-state index in [0.717, 1.165) is 25.7 Å². The fourth-order valence-electron chi connectivity index (χ4n) is 1.48. The van der Waals surface area contributed by atoms with Crippen LogP contribution in [0, 0.1) is 0 Å². The molecule has 1 saturated carbocycles. The van der Waals surface area contributed by atoms with E-state index in [0.29, 0.717) is 0 Å². The van der Waals surface area contributed by atoms with Gasteiger partial charge in [0.15, 0.2) is 0 Å². The van der Waals surface area contributed by atoms with Crippen LogP contribution in [0.2, 0.25) is 0 Å². The van der Waals surface area contributed by atoms with Gasteiger partial charge in [-0.3, -0.25) is 0 Å². The molecule has 1 aliphatic carbocycles. The van der Waals surface area contributed by atoms with Crippen molar-refractivity contribution in [3.63, 3.8) is 0 Å². The van der Waals surface area contributed by atoms with Gasteiger partial charge in [0.25, 0.3) is 0 Å². The van der Waals surface area contributed by atoms with E-state index in [1.54, 1.807) is 0 Å². The predicted molar refractivity (Wildman–Crippen MR) is 56.7 cm³/mol. The fraction of sp³-hybridized carbons (Fsp3) is 0.889. The Morgan fingerprint density at radius 2 is 2.08 bits per heavy atom. The van der Waals surface area contributed by atoms with Crippen molar-refractivity contribution in [2.24, 2.45) is 0 Å². The maximum Gasteiger partial charge on any atom is 0.341 e. The molecule has 0 spiro atoms. The average molecular weight is 300 g/mol. The van der Waals surface area contributed by atoms with Gasteiger partial charge in [0.1, 0.15) is 6.10 Å². The molecule has 1 aliphatic rings. The largest absolute Gasteiger partial charge is 0.460 e. The first-order valence-corrected chi connectivity index (χ1v) is 6.17. The third-order valence-corrected chi connectivity index (χ3v) is 3.00. The zero-order chi connectivity index (χ0) is 9.68. The highest BCUT2D eigenvalue weighted by Crippen LogP contribution is 2.21. The van der Waals surface area contributed by atoms with Crippen LogP contribution in [-0.2, 0) is 9.53 Å². The van der Waals surface area contributed by atoms with E-state index in [1.807, 2.05) is 22.6 Å². The summed E-state index contributed by atoms with van der Waals surface area (Å²) >= 11 is 1.85. The summed E-state index contributed by atoms with van der Waals surface area (Å²) < 4.78 is 18.0. The van der Waals surface area contributed by atoms with Gasteiger partial charge in [-0.2, -0.15) is 0 Å². The summed E-state index contributed by atoms with van der Waals surface area (Å²) in [5.41, 5.74) is 0. The Kier molecular flexibility index (Phi) is 4.98. The van der Waals surface area contributed by atoms with Crippen LogP contribution < -0.4 is 0 Å². The number of rotatable bonds is 3. The summed E-state index contributed by atoms with van der Waals surface area (Å²) in [7, 11) is 0. The summed E-state index contributed by atoms with van der Waals surface area (Å²) in [6, 6.07) is 0. The summed E-state index contributed by atoms with van der Waals surface area (Å²) in [6.07, 6.45) is 3.74. The third kappa shape index (κ3) is 3.79. The van der Waals surface area contributed by atoms with Crippen molar-refractivity contribution in [2.45, 2.75) is 44.4 Å². The van der Waals surface area contributed by atoms with Crippen LogP contribution in [0.15, 0.2) is 0 Å². The van der Waals surface area contributed by atoms with Crippen LogP contribution in [0.5, 0.6) is 0 Å². The summed E-state index contributed by atoms with van der Waals surface area (Å²) in [4.78, 5) is 11.0. The molecule has 0 aliphatic heterocycles. The fourth-order valence-corrected chi connectivity index (χ4v) is 1.84. The predicted octanol–water partition coefficient (Wildman–Crippen LogP) is 2.64. The number of carbonyl (C=O) groups excluding carboxylic acids is 1. The van der Waals surface area contributed by atoms with E-state index >= 15 is 0 Å². The van der Waals surface area contributed by atoms with Crippen molar-refractivity contribution in [3.05, 3.63) is 0 Å². The van der Waals surface area contributed by atoms with Gasteiger partial charge in [-0.1, -0.05) is 29.0 Å². The first-order chi connectivity index (χ1) is 6.24. The lowest BCUT2D eigenvalue weighted by Gasteiger charge is -2.22. The number of alkyl halides is 2. The highest BCUT2D eigenvalue weighted by Gasteiger charge is 2.23. The van der Waals surface area contributed by atoms with Crippen molar-refractivity contribution in [1.82, 2.24) is 0 Å². The lowest BCUT2D eigenvalue weighted by molar-refractivity contribution is -0.155. The summed E-state index contributed by atoms with van der Waals surface area (Å²) in [6.45, 7) is 0. The zero-order valence-corrected chi connectivity index (χ0v) is 9.63. The van der Waals surface area contributed by atoms with Crippen LogP contribution in [0.25, 0.3) is 0 Å². The molecule has 4 heteroatoms. The lowest BCUT2D eigenvalue weighted by Crippen LogP contribution is -2.27. The smallest absolute Gasteiger partial charge is 0.341 e. The Bertz CT molecular complexity index is 169. The molecule has 1 rings (SSSR count). The van der Waals surface area contributed by atoms with Gasteiger partial charge in [-0.25, -0.2) is 9.18 Å². The van der Waals surface area contributed by atoms with Gasteiger partial charge in [0.05, 0.1) is 0 Å². The van der Waals surface area contributed by atoms with Crippen molar-refractivity contribution in [2.75, 3.05) is 4.43 Å². The molecule has 0 heterocycles. The summed E-state index contributed by atoms with van der Waals surface area (Å²) in [5, 5.41) is 0. The van der Waals surface area contributed by atoms with E-state index in [1.165, 1.54) is 6.42 Å². The molecule has 2 nitrogen and oxygen atoms in total.